The molecule has 5 rings (SSSR count). The first kappa shape index (κ1) is 21.3. The zero-order valence-electron chi connectivity index (χ0n) is 18.7. The van der Waals surface area contributed by atoms with Crippen molar-refractivity contribution in [3.8, 4) is 0 Å². The Balaban J connectivity index is 1.24. The Labute approximate surface area is 189 Å². The van der Waals surface area contributed by atoms with Gasteiger partial charge in [-0.15, -0.1) is 0 Å². The number of piperazine rings is 1. The summed E-state index contributed by atoms with van der Waals surface area (Å²) in [4.78, 5) is 31.4. The van der Waals surface area contributed by atoms with E-state index in [1.54, 1.807) is 24.7 Å². The minimum atomic E-state index is -0.205. The molecule has 8 heteroatoms. The van der Waals surface area contributed by atoms with Crippen LogP contribution in [0.5, 0.6) is 0 Å². The molecule has 4 heterocycles. The van der Waals surface area contributed by atoms with E-state index in [9.17, 15) is 4.79 Å². The van der Waals surface area contributed by atoms with E-state index in [4.69, 9.17) is 0 Å². The van der Waals surface area contributed by atoms with E-state index in [-0.39, 0.29) is 5.91 Å². The second-order valence-corrected chi connectivity index (χ2v) is 9.13. The minimum Gasteiger partial charge on any atom is -0.367 e. The van der Waals surface area contributed by atoms with Crippen molar-refractivity contribution >= 4 is 17.3 Å². The molecule has 1 aliphatic carbocycles. The zero-order chi connectivity index (χ0) is 21.8. The first-order valence-electron chi connectivity index (χ1n) is 12.1. The Bertz CT molecular complexity index is 916. The number of aromatic nitrogens is 3. The Morgan fingerprint density at radius 2 is 1.78 bits per heavy atom. The molecule has 2 aliphatic heterocycles. The standard InChI is InChI=1S/C24H33N7O/c32-24(29-21-17-26-9-8-22(21)31-15-11-25-12-16-31)20-7-10-27-23(28-20)18-3-5-19(6-4-18)30-13-1-2-14-30/h7-10,17-19,25H,1-6,11-16H2,(H,29,32). The molecule has 2 aromatic rings. The van der Waals surface area contributed by atoms with Crippen LogP contribution in [-0.2, 0) is 0 Å². The average Bonchev–Trinajstić information content (AvgIpc) is 3.40. The molecule has 2 aromatic heterocycles. The van der Waals surface area contributed by atoms with Crippen molar-refractivity contribution in [2.45, 2.75) is 50.5 Å². The number of nitrogens with one attached hydrogen (secondary N) is 2. The molecule has 0 bridgehead atoms. The highest BCUT2D eigenvalue weighted by Crippen LogP contribution is 2.34. The number of hydrogen-bond donors (Lipinski definition) is 2. The van der Waals surface area contributed by atoms with Gasteiger partial charge >= 0.3 is 0 Å². The van der Waals surface area contributed by atoms with Crippen LogP contribution in [0.25, 0.3) is 0 Å². The van der Waals surface area contributed by atoms with Crippen LogP contribution in [0.1, 0.15) is 60.8 Å². The van der Waals surface area contributed by atoms with Crippen molar-refractivity contribution < 1.29 is 4.79 Å². The van der Waals surface area contributed by atoms with E-state index in [1.807, 2.05) is 6.07 Å². The van der Waals surface area contributed by atoms with Gasteiger partial charge in [0.2, 0.25) is 0 Å². The van der Waals surface area contributed by atoms with Gasteiger partial charge in [-0.25, -0.2) is 9.97 Å². The van der Waals surface area contributed by atoms with Crippen molar-refractivity contribution in [1.29, 1.82) is 0 Å². The predicted molar refractivity (Wildman–Crippen MR) is 125 cm³/mol. The Hall–Kier alpha value is -2.58. The van der Waals surface area contributed by atoms with E-state index in [1.165, 1.54) is 38.8 Å². The normalized spacial score (nSPS) is 24.4. The number of nitrogens with zero attached hydrogens (tertiary/aromatic N) is 5. The number of anilines is 2. The molecule has 2 saturated heterocycles. The minimum absolute atomic E-state index is 0.205. The van der Waals surface area contributed by atoms with Gasteiger partial charge in [-0.05, 0) is 63.7 Å². The van der Waals surface area contributed by atoms with Crippen LogP contribution in [0.4, 0.5) is 11.4 Å². The van der Waals surface area contributed by atoms with Crippen LogP contribution < -0.4 is 15.5 Å². The Kier molecular flexibility index (Phi) is 6.59. The molecule has 3 fully saturated rings. The van der Waals surface area contributed by atoms with Crippen LogP contribution in [0.2, 0.25) is 0 Å². The summed E-state index contributed by atoms with van der Waals surface area (Å²) in [6.07, 6.45) is 12.5. The molecule has 1 amide bonds. The third-order valence-corrected chi connectivity index (χ3v) is 7.13. The lowest BCUT2D eigenvalue weighted by molar-refractivity contribution is 0.102. The van der Waals surface area contributed by atoms with Crippen LogP contribution >= 0.6 is 0 Å². The summed E-state index contributed by atoms with van der Waals surface area (Å²) in [6.45, 7) is 6.20. The summed E-state index contributed by atoms with van der Waals surface area (Å²) in [6, 6.07) is 4.38. The first-order chi connectivity index (χ1) is 15.8. The second kappa shape index (κ2) is 9.92. The lowest BCUT2D eigenvalue weighted by Gasteiger charge is -2.34. The molecule has 1 saturated carbocycles. The van der Waals surface area contributed by atoms with Crippen LogP contribution in [-0.4, -0.2) is 71.1 Å². The molecule has 2 N–H and O–H groups in total. The summed E-state index contributed by atoms with van der Waals surface area (Å²) in [5, 5.41) is 6.40. The summed E-state index contributed by atoms with van der Waals surface area (Å²) in [5.74, 6) is 0.950. The lowest BCUT2D eigenvalue weighted by atomic mass is 9.85. The van der Waals surface area contributed by atoms with Crippen LogP contribution in [0, 0.1) is 0 Å². The molecule has 170 valence electrons. The molecule has 0 spiro atoms. The molecule has 32 heavy (non-hydrogen) atoms. The SMILES string of the molecule is O=C(Nc1cnccc1N1CCNCC1)c1ccnc(C2CCC(N3CCCC3)CC2)n1. The number of carbonyl (C=O) groups excluding carboxylic acids is 1. The molecule has 0 aromatic carbocycles. The third-order valence-electron chi connectivity index (χ3n) is 7.13. The van der Waals surface area contributed by atoms with Gasteiger partial charge < -0.3 is 20.4 Å². The van der Waals surface area contributed by atoms with Gasteiger partial charge in [0, 0.05) is 50.5 Å². The van der Waals surface area contributed by atoms with E-state index < -0.39 is 0 Å². The predicted octanol–water partition coefficient (Wildman–Crippen LogP) is 2.66. The van der Waals surface area contributed by atoms with E-state index >= 15 is 0 Å². The van der Waals surface area contributed by atoms with E-state index in [2.05, 4.69) is 35.4 Å². The maximum Gasteiger partial charge on any atom is 0.274 e. The largest absolute Gasteiger partial charge is 0.367 e. The molecule has 0 radical (unpaired) electrons. The van der Waals surface area contributed by atoms with Crippen LogP contribution in [0.15, 0.2) is 30.7 Å². The van der Waals surface area contributed by atoms with Gasteiger partial charge in [0.1, 0.15) is 11.5 Å². The molecule has 0 atom stereocenters. The van der Waals surface area contributed by atoms with Gasteiger partial charge in [-0.1, -0.05) is 0 Å². The van der Waals surface area contributed by atoms with E-state index in [0.29, 0.717) is 17.7 Å². The maximum absolute atomic E-state index is 13.0. The van der Waals surface area contributed by atoms with Crippen molar-refractivity contribution in [2.24, 2.45) is 0 Å². The van der Waals surface area contributed by atoms with Crippen molar-refractivity contribution in [3.05, 3.63) is 42.2 Å². The topological polar surface area (TPSA) is 86.3 Å². The highest BCUT2D eigenvalue weighted by Gasteiger charge is 2.29. The van der Waals surface area contributed by atoms with Gasteiger partial charge in [-0.3, -0.25) is 9.78 Å². The fraction of sp³-hybridized carbons (Fsp3) is 0.583. The molecule has 8 nitrogen and oxygen atoms in total. The summed E-state index contributed by atoms with van der Waals surface area (Å²) in [5.41, 5.74) is 2.15. The zero-order valence-corrected chi connectivity index (χ0v) is 18.7. The van der Waals surface area contributed by atoms with Crippen molar-refractivity contribution in [2.75, 3.05) is 49.5 Å². The summed E-state index contributed by atoms with van der Waals surface area (Å²) < 4.78 is 0. The highest BCUT2D eigenvalue weighted by molar-refractivity contribution is 6.04. The van der Waals surface area contributed by atoms with Crippen LogP contribution in [0.3, 0.4) is 0 Å². The first-order valence-corrected chi connectivity index (χ1v) is 12.1. The summed E-state index contributed by atoms with van der Waals surface area (Å²) in [7, 11) is 0. The van der Waals surface area contributed by atoms with E-state index in [0.717, 1.165) is 56.2 Å². The quantitative estimate of drug-likeness (QED) is 0.747. The number of likely N-dealkylation sites (tertiary alicyclic amines) is 1. The van der Waals surface area contributed by atoms with Crippen molar-refractivity contribution in [1.82, 2.24) is 25.2 Å². The molecular formula is C24H33N7O. The molecular weight excluding hydrogens is 402 g/mol. The monoisotopic (exact) mass is 435 g/mol. The molecule has 0 unspecified atom stereocenters. The number of rotatable bonds is 5. The molecule has 3 aliphatic rings. The summed E-state index contributed by atoms with van der Waals surface area (Å²) >= 11 is 0. The number of hydrogen-bond acceptors (Lipinski definition) is 7. The number of amides is 1. The van der Waals surface area contributed by atoms with Gasteiger partial charge in [0.15, 0.2) is 0 Å². The van der Waals surface area contributed by atoms with Crippen molar-refractivity contribution in [3.63, 3.8) is 0 Å². The smallest absolute Gasteiger partial charge is 0.274 e. The van der Waals surface area contributed by atoms with Gasteiger partial charge in [0.05, 0.1) is 17.6 Å². The maximum atomic E-state index is 13.0. The van der Waals surface area contributed by atoms with Gasteiger partial charge in [-0.2, -0.15) is 0 Å². The Morgan fingerprint density at radius 1 is 1.00 bits per heavy atom. The fourth-order valence-corrected chi connectivity index (χ4v) is 5.35. The Morgan fingerprint density at radius 3 is 2.56 bits per heavy atom. The second-order valence-electron chi connectivity index (χ2n) is 9.13. The average molecular weight is 436 g/mol. The third kappa shape index (κ3) is 4.76. The number of pyridine rings is 1. The lowest BCUT2D eigenvalue weighted by Crippen LogP contribution is -2.43. The fourth-order valence-electron chi connectivity index (χ4n) is 5.35. The number of carbonyl (C=O) groups is 1. The van der Waals surface area contributed by atoms with Gasteiger partial charge in [0.25, 0.3) is 5.91 Å². The highest BCUT2D eigenvalue weighted by atomic mass is 16.1.